The van der Waals surface area contributed by atoms with E-state index < -0.39 is 0 Å². The fourth-order valence-corrected chi connectivity index (χ4v) is 6.31. The van der Waals surface area contributed by atoms with Gasteiger partial charge in [0.15, 0.2) is 0 Å². The lowest BCUT2D eigenvalue weighted by Gasteiger charge is -2.29. The topological polar surface area (TPSA) is 81.0 Å². The number of phenolic OH excluding ortho intramolecular Hbond substituents is 2. The second-order valence-corrected chi connectivity index (χ2v) is 16.9. The van der Waals surface area contributed by atoms with Gasteiger partial charge in [-0.25, -0.2) is 0 Å². The van der Waals surface area contributed by atoms with Gasteiger partial charge >= 0.3 is 0 Å². The van der Waals surface area contributed by atoms with Crippen LogP contribution in [-0.2, 0) is 21.7 Å². The average Bonchev–Trinajstić information content (AvgIpc) is 3.72. The molecule has 5 heteroatoms. The zero-order valence-corrected chi connectivity index (χ0v) is 30.2. The molecule has 0 radical (unpaired) electrons. The molecule has 2 aliphatic rings. The number of aromatic amines is 1. The zero-order chi connectivity index (χ0) is 34.7. The number of benzene rings is 2. The number of nitrogens with zero attached hydrogens (tertiary/aromatic N) is 2. The lowest BCUT2D eigenvalue weighted by atomic mass is 9.77. The van der Waals surface area contributed by atoms with E-state index in [4.69, 9.17) is 9.98 Å². The molecule has 2 aromatic carbocycles. The molecule has 0 unspecified atom stereocenters. The van der Waals surface area contributed by atoms with Gasteiger partial charge in [0.25, 0.3) is 0 Å². The van der Waals surface area contributed by atoms with E-state index in [1.165, 1.54) is 0 Å². The van der Waals surface area contributed by atoms with Crippen molar-refractivity contribution in [2.45, 2.75) is 105 Å². The Morgan fingerprint density at radius 2 is 0.809 bits per heavy atom. The van der Waals surface area contributed by atoms with E-state index in [1.807, 2.05) is 36.7 Å². The SMILES string of the molecule is CC(C)(C)c1cc(/C(=C2/C=CC=N2)c2ccc(/C(=C3\C=CC=N3)c3cc(C(C)(C)C)c(O)c(C(C)(C)C)c3)[nH]2)cc(C(C)(C)C)c1O. The van der Waals surface area contributed by atoms with Crippen LogP contribution in [-0.4, -0.2) is 27.6 Å². The molecule has 0 saturated carbocycles. The molecule has 0 bridgehead atoms. The predicted molar refractivity (Wildman–Crippen MR) is 199 cm³/mol. The van der Waals surface area contributed by atoms with Gasteiger partial charge in [0.2, 0.25) is 0 Å². The lowest BCUT2D eigenvalue weighted by molar-refractivity contribution is 0.422. The largest absolute Gasteiger partial charge is 0.507 e. The molecule has 0 fully saturated rings. The predicted octanol–water partition coefficient (Wildman–Crippen LogP) is 10.4. The summed E-state index contributed by atoms with van der Waals surface area (Å²) in [5.41, 5.74) is 9.96. The Balaban J connectivity index is 1.78. The minimum absolute atomic E-state index is 0.273. The molecular formula is C42H51N3O2. The van der Waals surface area contributed by atoms with E-state index in [1.54, 1.807) is 0 Å². The molecule has 0 saturated heterocycles. The van der Waals surface area contributed by atoms with Gasteiger partial charge < -0.3 is 15.2 Å². The van der Waals surface area contributed by atoms with Crippen molar-refractivity contribution in [3.8, 4) is 11.5 Å². The molecular weight excluding hydrogens is 578 g/mol. The molecule has 0 atom stereocenters. The van der Waals surface area contributed by atoms with Crippen molar-refractivity contribution < 1.29 is 10.2 Å². The third kappa shape index (κ3) is 6.72. The molecule has 5 rings (SSSR count). The van der Waals surface area contributed by atoms with E-state index in [9.17, 15) is 10.2 Å². The lowest BCUT2D eigenvalue weighted by Crippen LogP contribution is -2.18. The van der Waals surface area contributed by atoms with Crippen molar-refractivity contribution in [2.75, 3.05) is 0 Å². The first-order chi connectivity index (χ1) is 21.7. The Morgan fingerprint density at radius 3 is 1.04 bits per heavy atom. The first-order valence-electron chi connectivity index (χ1n) is 16.5. The maximum Gasteiger partial charge on any atom is 0.123 e. The van der Waals surface area contributed by atoms with Crippen molar-refractivity contribution in [2.24, 2.45) is 9.98 Å². The monoisotopic (exact) mass is 629 g/mol. The number of nitrogens with one attached hydrogen (secondary N) is 1. The van der Waals surface area contributed by atoms with E-state index in [0.717, 1.165) is 67.3 Å². The minimum atomic E-state index is -0.273. The van der Waals surface area contributed by atoms with Gasteiger partial charge in [0.05, 0.1) is 11.4 Å². The standard InChI is InChI=1S/C42H51N3O2/c1-39(2,3)27-21-25(22-28(37(27)46)40(4,5)6)35(31-15-13-19-43-31)33-17-18-34(45-33)36(32-16-14-20-44-32)26-23-29(41(7,8)9)38(47)30(24-26)42(10,11)12/h13-24,45-47H,1-12H3/b35-31+,36-32+. The summed E-state index contributed by atoms with van der Waals surface area (Å²) in [5.74, 6) is 0.704. The molecule has 3 aromatic rings. The van der Waals surface area contributed by atoms with Crippen LogP contribution < -0.4 is 0 Å². The van der Waals surface area contributed by atoms with Gasteiger partial charge in [-0.3, -0.25) is 9.98 Å². The Labute approximate surface area is 281 Å². The molecule has 2 aliphatic heterocycles. The number of H-pyrrole nitrogens is 1. The summed E-state index contributed by atoms with van der Waals surface area (Å²) in [4.78, 5) is 13.3. The van der Waals surface area contributed by atoms with Gasteiger partial charge in [-0.05, 0) is 93.5 Å². The molecule has 47 heavy (non-hydrogen) atoms. The van der Waals surface area contributed by atoms with Crippen LogP contribution in [0.15, 0.2) is 82.1 Å². The van der Waals surface area contributed by atoms with E-state index in [-0.39, 0.29) is 21.7 Å². The molecule has 1 aromatic heterocycles. The second-order valence-electron chi connectivity index (χ2n) is 16.9. The van der Waals surface area contributed by atoms with Crippen LogP contribution in [0.4, 0.5) is 0 Å². The number of aliphatic imine (C=N–C) groups is 2. The van der Waals surface area contributed by atoms with Crippen LogP contribution >= 0.6 is 0 Å². The zero-order valence-electron chi connectivity index (χ0n) is 30.2. The molecule has 3 heterocycles. The number of aromatic hydroxyl groups is 2. The van der Waals surface area contributed by atoms with Crippen LogP contribution in [0.1, 0.15) is 128 Å². The summed E-state index contributed by atoms with van der Waals surface area (Å²) in [7, 11) is 0. The number of rotatable bonds is 4. The number of hydrogen-bond donors (Lipinski definition) is 3. The van der Waals surface area contributed by atoms with Gasteiger partial charge in [-0.15, -0.1) is 0 Å². The minimum Gasteiger partial charge on any atom is -0.507 e. The van der Waals surface area contributed by atoms with Gasteiger partial charge in [-0.2, -0.15) is 0 Å². The van der Waals surface area contributed by atoms with Gasteiger partial charge in [0.1, 0.15) is 11.5 Å². The third-order valence-corrected chi connectivity index (χ3v) is 8.87. The maximum absolute atomic E-state index is 11.5. The summed E-state index contributed by atoms with van der Waals surface area (Å²) in [6, 6.07) is 12.7. The molecule has 246 valence electrons. The highest BCUT2D eigenvalue weighted by molar-refractivity contribution is 5.92. The summed E-state index contributed by atoms with van der Waals surface area (Å²) < 4.78 is 0. The summed E-state index contributed by atoms with van der Waals surface area (Å²) >= 11 is 0. The van der Waals surface area contributed by atoms with Gasteiger partial charge in [-0.1, -0.05) is 83.1 Å². The first kappa shape index (κ1) is 34.0. The van der Waals surface area contributed by atoms with Crippen LogP contribution in [0, 0.1) is 0 Å². The van der Waals surface area contributed by atoms with E-state index >= 15 is 0 Å². The van der Waals surface area contributed by atoms with Crippen molar-refractivity contribution in [3.05, 3.63) is 117 Å². The Hall–Kier alpha value is -4.38. The van der Waals surface area contributed by atoms with Crippen molar-refractivity contribution in [3.63, 3.8) is 0 Å². The number of allylic oxidation sites excluding steroid dienone is 4. The summed E-state index contributed by atoms with van der Waals surface area (Å²) in [5, 5.41) is 23.0. The van der Waals surface area contributed by atoms with E-state index in [0.29, 0.717) is 11.5 Å². The highest BCUT2D eigenvalue weighted by Gasteiger charge is 2.30. The Kier molecular flexibility index (Phi) is 8.45. The van der Waals surface area contributed by atoms with Crippen LogP contribution in [0.3, 0.4) is 0 Å². The van der Waals surface area contributed by atoms with Crippen LogP contribution in [0.25, 0.3) is 11.1 Å². The van der Waals surface area contributed by atoms with Crippen LogP contribution in [0.2, 0.25) is 0 Å². The fraction of sp³-hybridized carbons (Fsp3) is 0.381. The maximum atomic E-state index is 11.5. The van der Waals surface area contributed by atoms with Gasteiger partial charge in [0, 0.05) is 57.2 Å². The normalized spacial score (nSPS) is 17.3. The van der Waals surface area contributed by atoms with Crippen LogP contribution in [0.5, 0.6) is 11.5 Å². The summed E-state index contributed by atoms with van der Waals surface area (Å²) in [6.07, 6.45) is 11.6. The quantitative estimate of drug-likeness (QED) is 0.268. The van der Waals surface area contributed by atoms with Crippen molar-refractivity contribution >= 4 is 23.6 Å². The highest BCUT2D eigenvalue weighted by Crippen LogP contribution is 2.45. The fourth-order valence-electron chi connectivity index (χ4n) is 6.31. The number of aromatic nitrogens is 1. The molecule has 0 amide bonds. The second kappa shape index (κ2) is 11.7. The highest BCUT2D eigenvalue weighted by atomic mass is 16.3. The smallest absolute Gasteiger partial charge is 0.123 e. The molecule has 5 nitrogen and oxygen atoms in total. The first-order valence-corrected chi connectivity index (χ1v) is 16.5. The third-order valence-electron chi connectivity index (χ3n) is 8.87. The molecule has 0 aliphatic carbocycles. The molecule has 0 spiro atoms. The average molecular weight is 630 g/mol. The van der Waals surface area contributed by atoms with E-state index in [2.05, 4.69) is 124 Å². The number of phenols is 2. The summed E-state index contributed by atoms with van der Waals surface area (Å²) in [6.45, 7) is 25.6. The Morgan fingerprint density at radius 1 is 0.511 bits per heavy atom. The Bertz CT molecular complexity index is 1670. The molecule has 3 N–H and O–H groups in total. The van der Waals surface area contributed by atoms with Crippen molar-refractivity contribution in [1.82, 2.24) is 4.98 Å². The van der Waals surface area contributed by atoms with Crippen molar-refractivity contribution in [1.29, 1.82) is 0 Å². The number of hydrogen-bond acceptors (Lipinski definition) is 4.